The maximum Gasteiger partial charge on any atom is 0.222 e. The van der Waals surface area contributed by atoms with E-state index in [1.165, 1.54) is 0 Å². The number of rotatable bonds is 4. The second kappa shape index (κ2) is 7.69. The number of hydrogen-bond acceptors (Lipinski definition) is 4. The molecule has 1 aromatic heterocycles. The molecule has 0 unspecified atom stereocenters. The van der Waals surface area contributed by atoms with Crippen molar-refractivity contribution in [3.05, 3.63) is 17.0 Å². The van der Waals surface area contributed by atoms with E-state index in [0.717, 1.165) is 49.3 Å². The van der Waals surface area contributed by atoms with Crippen LogP contribution in [0.3, 0.4) is 0 Å². The number of nitrogens with one attached hydrogen (secondary N) is 1. The summed E-state index contributed by atoms with van der Waals surface area (Å²) in [7, 11) is 0. The van der Waals surface area contributed by atoms with Gasteiger partial charge in [-0.25, -0.2) is 0 Å². The standard InChI is InChI=1S/C20H33N3O3/c1-13(2)18-11-16(24)12-20(26-18)7-9-23(10-8-20)19(25)6-5-17-14(3)15(4)21-22-17/h13,16,18,24H,5-12H2,1-4H3,(H,21,22)/t16-,18-/m1/s1. The first-order chi connectivity index (χ1) is 12.3. The number of H-pyrrole nitrogens is 1. The molecular weight excluding hydrogens is 330 g/mol. The van der Waals surface area contributed by atoms with Gasteiger partial charge in [0.15, 0.2) is 0 Å². The number of aryl methyl sites for hydroxylation is 2. The van der Waals surface area contributed by atoms with Crippen molar-refractivity contribution in [1.82, 2.24) is 15.1 Å². The fourth-order valence-electron chi connectivity index (χ4n) is 4.25. The highest BCUT2D eigenvalue weighted by Gasteiger charge is 2.44. The van der Waals surface area contributed by atoms with E-state index >= 15 is 0 Å². The molecule has 0 radical (unpaired) electrons. The van der Waals surface area contributed by atoms with Gasteiger partial charge in [0, 0.05) is 38.0 Å². The molecule has 1 amide bonds. The van der Waals surface area contributed by atoms with Crippen molar-refractivity contribution in [2.24, 2.45) is 5.92 Å². The number of likely N-dealkylation sites (tertiary alicyclic amines) is 1. The lowest BCUT2D eigenvalue weighted by atomic mass is 9.80. The van der Waals surface area contributed by atoms with E-state index in [0.29, 0.717) is 25.2 Å². The van der Waals surface area contributed by atoms with E-state index in [-0.39, 0.29) is 23.7 Å². The normalized spacial score (nSPS) is 25.8. The van der Waals surface area contributed by atoms with Crippen molar-refractivity contribution in [3.8, 4) is 0 Å². The summed E-state index contributed by atoms with van der Waals surface area (Å²) in [6.45, 7) is 9.77. The lowest BCUT2D eigenvalue weighted by Crippen LogP contribution is -2.54. The van der Waals surface area contributed by atoms with E-state index in [4.69, 9.17) is 4.74 Å². The van der Waals surface area contributed by atoms with E-state index in [1.54, 1.807) is 0 Å². The van der Waals surface area contributed by atoms with Gasteiger partial charge < -0.3 is 14.7 Å². The zero-order valence-electron chi connectivity index (χ0n) is 16.5. The van der Waals surface area contributed by atoms with Crippen molar-refractivity contribution < 1.29 is 14.6 Å². The molecule has 0 aromatic carbocycles. The molecule has 1 spiro atoms. The first-order valence-electron chi connectivity index (χ1n) is 9.94. The Morgan fingerprint density at radius 3 is 2.65 bits per heavy atom. The summed E-state index contributed by atoms with van der Waals surface area (Å²) in [6, 6.07) is 0. The molecule has 2 atom stereocenters. The van der Waals surface area contributed by atoms with Crippen LogP contribution in [0.1, 0.15) is 62.9 Å². The zero-order chi connectivity index (χ0) is 18.9. The number of aliphatic hydroxyl groups is 1. The highest BCUT2D eigenvalue weighted by Crippen LogP contribution is 2.39. The minimum atomic E-state index is -0.288. The van der Waals surface area contributed by atoms with Gasteiger partial charge >= 0.3 is 0 Å². The van der Waals surface area contributed by atoms with Gasteiger partial charge in [0.1, 0.15) is 0 Å². The average molecular weight is 364 g/mol. The first-order valence-corrected chi connectivity index (χ1v) is 9.94. The van der Waals surface area contributed by atoms with Gasteiger partial charge in [-0.3, -0.25) is 9.89 Å². The van der Waals surface area contributed by atoms with Crippen LogP contribution in [0.4, 0.5) is 0 Å². The number of nitrogens with zero attached hydrogens (tertiary/aromatic N) is 2. The SMILES string of the molecule is Cc1[nH]nc(CCC(=O)N2CCC3(CC2)C[C@H](O)C[C@H](C(C)C)O3)c1C. The molecule has 2 aliphatic heterocycles. The van der Waals surface area contributed by atoms with Crippen LogP contribution in [0.25, 0.3) is 0 Å². The summed E-state index contributed by atoms with van der Waals surface area (Å²) in [5.74, 6) is 0.596. The van der Waals surface area contributed by atoms with Gasteiger partial charge in [-0.1, -0.05) is 13.8 Å². The molecule has 1 aromatic rings. The Kier molecular flexibility index (Phi) is 5.72. The summed E-state index contributed by atoms with van der Waals surface area (Å²) in [5.41, 5.74) is 2.96. The van der Waals surface area contributed by atoms with Crippen LogP contribution < -0.4 is 0 Å². The number of hydrogen-bond donors (Lipinski definition) is 2. The molecule has 0 saturated carbocycles. The minimum Gasteiger partial charge on any atom is -0.393 e. The van der Waals surface area contributed by atoms with Crippen LogP contribution >= 0.6 is 0 Å². The van der Waals surface area contributed by atoms with Crippen LogP contribution in [0.2, 0.25) is 0 Å². The Hall–Kier alpha value is -1.40. The number of aromatic nitrogens is 2. The number of carbonyl (C=O) groups excluding carboxylic acids is 1. The van der Waals surface area contributed by atoms with E-state index in [9.17, 15) is 9.90 Å². The van der Waals surface area contributed by atoms with Crippen molar-refractivity contribution in [3.63, 3.8) is 0 Å². The number of aliphatic hydroxyl groups excluding tert-OH is 1. The Morgan fingerprint density at radius 1 is 1.38 bits per heavy atom. The largest absolute Gasteiger partial charge is 0.393 e. The fourth-order valence-corrected chi connectivity index (χ4v) is 4.25. The predicted molar refractivity (Wildman–Crippen MR) is 99.9 cm³/mol. The van der Waals surface area contributed by atoms with Crippen molar-refractivity contribution in [2.75, 3.05) is 13.1 Å². The summed E-state index contributed by atoms with van der Waals surface area (Å²) in [5, 5.41) is 17.6. The Morgan fingerprint density at radius 2 is 2.08 bits per heavy atom. The van der Waals surface area contributed by atoms with Crippen molar-refractivity contribution in [1.29, 1.82) is 0 Å². The molecule has 2 aliphatic rings. The van der Waals surface area contributed by atoms with E-state index in [1.807, 2.05) is 18.7 Å². The third-order valence-corrected chi connectivity index (χ3v) is 6.21. The smallest absolute Gasteiger partial charge is 0.222 e. The predicted octanol–water partition coefficient (Wildman–Crippen LogP) is 2.52. The monoisotopic (exact) mass is 363 g/mol. The summed E-state index contributed by atoms with van der Waals surface area (Å²) in [4.78, 5) is 14.5. The molecule has 6 nitrogen and oxygen atoms in total. The second-order valence-corrected chi connectivity index (χ2v) is 8.48. The highest BCUT2D eigenvalue weighted by atomic mass is 16.5. The molecule has 3 heterocycles. The van der Waals surface area contributed by atoms with Crippen molar-refractivity contribution in [2.45, 2.75) is 84.0 Å². The Bertz CT molecular complexity index is 632. The van der Waals surface area contributed by atoms with Crippen LogP contribution in [-0.2, 0) is 16.0 Å². The summed E-state index contributed by atoms with van der Waals surface area (Å²) >= 11 is 0. The topological polar surface area (TPSA) is 78.5 Å². The molecule has 146 valence electrons. The molecule has 3 rings (SSSR count). The lowest BCUT2D eigenvalue weighted by molar-refractivity contribution is -0.193. The van der Waals surface area contributed by atoms with Crippen LogP contribution in [0, 0.1) is 19.8 Å². The molecule has 2 N–H and O–H groups in total. The lowest BCUT2D eigenvalue weighted by Gasteiger charge is -2.48. The van der Waals surface area contributed by atoms with Gasteiger partial charge in [-0.15, -0.1) is 0 Å². The second-order valence-electron chi connectivity index (χ2n) is 8.48. The maximum atomic E-state index is 12.6. The summed E-state index contributed by atoms with van der Waals surface area (Å²) < 4.78 is 6.41. The molecule has 0 bridgehead atoms. The first kappa shape index (κ1) is 19.4. The van der Waals surface area contributed by atoms with Crippen LogP contribution in [-0.4, -0.2) is 57.0 Å². The zero-order valence-corrected chi connectivity index (χ0v) is 16.5. The van der Waals surface area contributed by atoms with Gasteiger partial charge in [0.25, 0.3) is 0 Å². The number of amides is 1. The van der Waals surface area contributed by atoms with Gasteiger partial charge in [0.05, 0.1) is 23.5 Å². The molecule has 2 saturated heterocycles. The summed E-state index contributed by atoms with van der Waals surface area (Å²) in [6.07, 6.45) is 4.07. The number of carbonyl (C=O) groups is 1. The Labute approximate surface area is 156 Å². The third kappa shape index (κ3) is 4.12. The Balaban J connectivity index is 1.52. The number of ether oxygens (including phenoxy) is 1. The van der Waals surface area contributed by atoms with Gasteiger partial charge in [-0.05, 0) is 44.6 Å². The van der Waals surface area contributed by atoms with Gasteiger partial charge in [0.2, 0.25) is 5.91 Å². The third-order valence-electron chi connectivity index (χ3n) is 6.21. The van der Waals surface area contributed by atoms with Gasteiger partial charge in [-0.2, -0.15) is 5.10 Å². The quantitative estimate of drug-likeness (QED) is 0.862. The molecule has 6 heteroatoms. The maximum absolute atomic E-state index is 12.6. The molecule has 2 fully saturated rings. The number of aromatic amines is 1. The highest BCUT2D eigenvalue weighted by molar-refractivity contribution is 5.76. The van der Waals surface area contributed by atoms with E-state index < -0.39 is 0 Å². The molecule has 0 aliphatic carbocycles. The average Bonchev–Trinajstić information content (AvgIpc) is 2.91. The number of piperidine rings is 1. The van der Waals surface area contributed by atoms with Crippen LogP contribution in [0.5, 0.6) is 0 Å². The molecule has 26 heavy (non-hydrogen) atoms. The minimum absolute atomic E-state index is 0.117. The van der Waals surface area contributed by atoms with Crippen molar-refractivity contribution >= 4 is 5.91 Å². The van der Waals surface area contributed by atoms with E-state index in [2.05, 4.69) is 24.0 Å². The fraction of sp³-hybridized carbons (Fsp3) is 0.800. The molecular formula is C20H33N3O3. The van der Waals surface area contributed by atoms with Crippen LogP contribution in [0.15, 0.2) is 0 Å².